The van der Waals surface area contributed by atoms with Crippen molar-refractivity contribution in [3.05, 3.63) is 23.3 Å². The molecule has 1 aromatic rings. The zero-order valence-corrected chi connectivity index (χ0v) is 9.58. The number of nitrogen functional groups attached to an aromatic ring is 1. The standard InChI is InChI=1S/C8H12N2O2S.ClH/c1-5-3-7(9)4-6(2)8(5)13(10,11)12;/h3-4H,9H2,1-2H3,(H2,10,11,12);1H. The normalized spacial score (nSPS) is 10.8. The summed E-state index contributed by atoms with van der Waals surface area (Å²) in [5.41, 5.74) is 7.25. The molecule has 14 heavy (non-hydrogen) atoms. The van der Waals surface area contributed by atoms with Crippen LogP contribution in [-0.4, -0.2) is 8.42 Å². The highest BCUT2D eigenvalue weighted by molar-refractivity contribution is 7.89. The van der Waals surface area contributed by atoms with Gasteiger partial charge in [-0.05, 0) is 37.1 Å². The van der Waals surface area contributed by atoms with Gasteiger partial charge in [0, 0.05) is 5.69 Å². The van der Waals surface area contributed by atoms with E-state index in [1.165, 1.54) is 0 Å². The number of hydrogen-bond acceptors (Lipinski definition) is 3. The number of hydrogen-bond donors (Lipinski definition) is 2. The third-order valence-electron chi connectivity index (χ3n) is 1.77. The molecule has 0 amide bonds. The summed E-state index contributed by atoms with van der Waals surface area (Å²) in [6, 6.07) is 3.18. The molecular weight excluding hydrogens is 224 g/mol. The van der Waals surface area contributed by atoms with Crippen LogP contribution in [0.15, 0.2) is 17.0 Å². The van der Waals surface area contributed by atoms with E-state index in [1.807, 2.05) is 0 Å². The van der Waals surface area contributed by atoms with Crippen LogP contribution in [0.5, 0.6) is 0 Å². The molecular formula is C8H13ClN2O2S. The highest BCUT2D eigenvalue weighted by Gasteiger charge is 2.14. The Morgan fingerprint density at radius 3 is 1.79 bits per heavy atom. The molecule has 0 aliphatic heterocycles. The maximum atomic E-state index is 11.1. The first kappa shape index (κ1) is 13.2. The van der Waals surface area contributed by atoms with E-state index in [9.17, 15) is 8.42 Å². The molecule has 80 valence electrons. The quantitative estimate of drug-likeness (QED) is 0.712. The van der Waals surface area contributed by atoms with E-state index >= 15 is 0 Å². The maximum absolute atomic E-state index is 11.1. The summed E-state index contributed by atoms with van der Waals surface area (Å²) < 4.78 is 22.2. The van der Waals surface area contributed by atoms with E-state index in [-0.39, 0.29) is 17.3 Å². The predicted octanol–water partition coefficient (Wildman–Crippen LogP) is 0.955. The average Bonchev–Trinajstić information content (AvgIpc) is 1.78. The summed E-state index contributed by atoms with van der Waals surface area (Å²) in [6.45, 7) is 3.34. The van der Waals surface area contributed by atoms with Gasteiger partial charge in [-0.2, -0.15) is 0 Å². The Labute approximate surface area is 89.8 Å². The van der Waals surface area contributed by atoms with Gasteiger partial charge in [0.25, 0.3) is 0 Å². The molecule has 0 saturated carbocycles. The summed E-state index contributed by atoms with van der Waals surface area (Å²) in [5, 5.41) is 5.04. The maximum Gasteiger partial charge on any atom is 0.238 e. The van der Waals surface area contributed by atoms with Gasteiger partial charge in [-0.1, -0.05) is 0 Å². The molecule has 0 aliphatic rings. The molecule has 1 aromatic carbocycles. The minimum atomic E-state index is -3.64. The molecule has 4 N–H and O–H groups in total. The summed E-state index contributed by atoms with van der Waals surface area (Å²) in [6.07, 6.45) is 0. The molecule has 0 saturated heterocycles. The van der Waals surface area contributed by atoms with E-state index in [2.05, 4.69) is 0 Å². The van der Waals surface area contributed by atoms with Gasteiger partial charge < -0.3 is 5.73 Å². The molecule has 0 bridgehead atoms. The summed E-state index contributed by atoms with van der Waals surface area (Å²) >= 11 is 0. The summed E-state index contributed by atoms with van der Waals surface area (Å²) in [5.74, 6) is 0. The first-order valence-corrected chi connectivity index (χ1v) is 5.26. The number of aryl methyl sites for hydroxylation is 2. The lowest BCUT2D eigenvalue weighted by Crippen LogP contribution is -2.15. The second kappa shape index (κ2) is 4.16. The van der Waals surface area contributed by atoms with Gasteiger partial charge in [0.1, 0.15) is 0 Å². The first-order chi connectivity index (χ1) is 5.82. The van der Waals surface area contributed by atoms with Gasteiger partial charge in [-0.3, -0.25) is 0 Å². The largest absolute Gasteiger partial charge is 0.399 e. The molecule has 0 aliphatic carbocycles. The molecule has 0 radical (unpaired) electrons. The van der Waals surface area contributed by atoms with Gasteiger partial charge >= 0.3 is 0 Å². The number of rotatable bonds is 1. The van der Waals surface area contributed by atoms with Crippen LogP contribution < -0.4 is 10.9 Å². The van der Waals surface area contributed by atoms with Crippen molar-refractivity contribution >= 4 is 28.1 Å². The van der Waals surface area contributed by atoms with Crippen LogP contribution in [0.1, 0.15) is 11.1 Å². The van der Waals surface area contributed by atoms with E-state index in [4.69, 9.17) is 10.9 Å². The lowest BCUT2D eigenvalue weighted by molar-refractivity contribution is 0.596. The molecule has 6 heteroatoms. The minimum Gasteiger partial charge on any atom is -0.399 e. The molecule has 0 spiro atoms. The number of anilines is 1. The van der Waals surface area contributed by atoms with Crippen molar-refractivity contribution in [2.75, 3.05) is 5.73 Å². The number of benzene rings is 1. The number of nitrogens with two attached hydrogens (primary N) is 2. The minimum absolute atomic E-state index is 0. The lowest BCUT2D eigenvalue weighted by Gasteiger charge is -2.07. The second-order valence-corrected chi connectivity index (χ2v) is 4.53. The fraction of sp³-hybridized carbons (Fsp3) is 0.250. The fourth-order valence-corrected chi connectivity index (χ4v) is 2.45. The molecule has 0 aromatic heterocycles. The monoisotopic (exact) mass is 236 g/mol. The van der Waals surface area contributed by atoms with Crippen molar-refractivity contribution in [3.63, 3.8) is 0 Å². The molecule has 1 rings (SSSR count). The van der Waals surface area contributed by atoms with E-state index in [0.29, 0.717) is 16.8 Å². The van der Waals surface area contributed by atoms with Crippen molar-refractivity contribution in [2.24, 2.45) is 5.14 Å². The Bertz CT molecular complexity index is 420. The van der Waals surface area contributed by atoms with Crippen LogP contribution in [0.2, 0.25) is 0 Å². The first-order valence-electron chi connectivity index (χ1n) is 3.72. The van der Waals surface area contributed by atoms with Crippen LogP contribution in [0.25, 0.3) is 0 Å². The number of sulfonamides is 1. The fourth-order valence-electron chi connectivity index (χ4n) is 1.43. The zero-order chi connectivity index (χ0) is 10.2. The Morgan fingerprint density at radius 2 is 1.50 bits per heavy atom. The summed E-state index contributed by atoms with van der Waals surface area (Å²) in [4.78, 5) is 0.168. The Kier molecular flexibility index (Phi) is 3.93. The molecule has 0 heterocycles. The predicted molar refractivity (Wildman–Crippen MR) is 58.9 cm³/mol. The van der Waals surface area contributed by atoms with Crippen LogP contribution >= 0.6 is 12.4 Å². The van der Waals surface area contributed by atoms with Crippen LogP contribution in [0.4, 0.5) is 5.69 Å². The van der Waals surface area contributed by atoms with Crippen molar-refractivity contribution in [1.29, 1.82) is 0 Å². The summed E-state index contributed by atoms with van der Waals surface area (Å²) in [7, 11) is -3.64. The Morgan fingerprint density at radius 1 is 1.14 bits per heavy atom. The third-order valence-corrected chi connectivity index (χ3v) is 2.98. The number of primary sulfonamides is 1. The molecule has 0 unspecified atom stereocenters. The van der Waals surface area contributed by atoms with E-state index in [1.54, 1.807) is 26.0 Å². The van der Waals surface area contributed by atoms with Gasteiger partial charge in [-0.15, -0.1) is 12.4 Å². The molecule has 4 nitrogen and oxygen atoms in total. The number of halogens is 1. The van der Waals surface area contributed by atoms with Gasteiger partial charge in [0.05, 0.1) is 4.90 Å². The lowest BCUT2D eigenvalue weighted by atomic mass is 10.1. The second-order valence-electron chi connectivity index (χ2n) is 3.03. The van der Waals surface area contributed by atoms with E-state index < -0.39 is 10.0 Å². The van der Waals surface area contributed by atoms with Gasteiger partial charge in [0.15, 0.2) is 0 Å². The topological polar surface area (TPSA) is 86.2 Å². The third kappa shape index (κ3) is 2.60. The van der Waals surface area contributed by atoms with Crippen LogP contribution in [-0.2, 0) is 10.0 Å². The Balaban J connectivity index is 0.00000169. The van der Waals surface area contributed by atoms with E-state index in [0.717, 1.165) is 0 Å². The van der Waals surface area contributed by atoms with Crippen molar-refractivity contribution < 1.29 is 8.42 Å². The van der Waals surface area contributed by atoms with Crippen molar-refractivity contribution in [3.8, 4) is 0 Å². The SMILES string of the molecule is Cc1cc(N)cc(C)c1S(N)(=O)=O.Cl. The molecule has 0 atom stereocenters. The van der Waals surface area contributed by atoms with Crippen LogP contribution in [0.3, 0.4) is 0 Å². The van der Waals surface area contributed by atoms with Gasteiger partial charge in [0.2, 0.25) is 10.0 Å². The van der Waals surface area contributed by atoms with Crippen LogP contribution in [0, 0.1) is 13.8 Å². The smallest absolute Gasteiger partial charge is 0.238 e. The van der Waals surface area contributed by atoms with Crippen molar-refractivity contribution in [1.82, 2.24) is 0 Å². The molecule has 0 fully saturated rings. The highest BCUT2D eigenvalue weighted by Crippen LogP contribution is 2.21. The highest BCUT2D eigenvalue weighted by atomic mass is 35.5. The zero-order valence-electron chi connectivity index (χ0n) is 7.94. The van der Waals surface area contributed by atoms with Gasteiger partial charge in [-0.25, -0.2) is 13.6 Å². The average molecular weight is 237 g/mol. The Hall–Kier alpha value is -0.780. The van der Waals surface area contributed by atoms with Crippen molar-refractivity contribution in [2.45, 2.75) is 18.7 Å².